The van der Waals surface area contributed by atoms with E-state index in [1.807, 2.05) is 0 Å². The Morgan fingerprint density at radius 1 is 0.952 bits per heavy atom. The number of benzene rings is 2. The fourth-order valence-corrected chi connectivity index (χ4v) is 1.78. The van der Waals surface area contributed by atoms with E-state index in [0.717, 1.165) is 0 Å². The lowest BCUT2D eigenvalue weighted by atomic mass is 10.1. The Kier molecular flexibility index (Phi) is 4.56. The molecule has 2 rings (SSSR count). The van der Waals surface area contributed by atoms with Gasteiger partial charge in [-0.25, -0.2) is 4.79 Å². The van der Waals surface area contributed by atoms with Gasteiger partial charge in [-0.05, 0) is 36.4 Å². The van der Waals surface area contributed by atoms with Crippen LogP contribution in [0.25, 0.3) is 0 Å². The van der Waals surface area contributed by atoms with Crippen molar-refractivity contribution < 1.29 is 19.1 Å². The van der Waals surface area contributed by atoms with Crippen molar-refractivity contribution in [2.75, 3.05) is 19.5 Å². The highest BCUT2D eigenvalue weighted by Gasteiger charge is 2.09. The predicted octanol–water partition coefficient (Wildman–Crippen LogP) is 2.73. The minimum absolute atomic E-state index is 0.264. The van der Waals surface area contributed by atoms with Crippen LogP contribution in [-0.4, -0.2) is 26.1 Å². The highest BCUT2D eigenvalue weighted by atomic mass is 16.5. The molecule has 2 aromatic carbocycles. The monoisotopic (exact) mass is 285 g/mol. The van der Waals surface area contributed by atoms with Gasteiger partial charge in [-0.15, -0.1) is 0 Å². The number of rotatable bonds is 4. The Morgan fingerprint density at radius 2 is 1.62 bits per heavy atom. The molecule has 2 aromatic rings. The van der Waals surface area contributed by atoms with Gasteiger partial charge in [-0.3, -0.25) is 4.79 Å². The lowest BCUT2D eigenvalue weighted by molar-refractivity contribution is 0.0600. The first kappa shape index (κ1) is 14.6. The van der Waals surface area contributed by atoms with E-state index < -0.39 is 5.97 Å². The molecule has 0 radical (unpaired) electrons. The summed E-state index contributed by atoms with van der Waals surface area (Å²) in [5.74, 6) is -0.0386. The van der Waals surface area contributed by atoms with Crippen LogP contribution in [0.4, 0.5) is 5.69 Å². The zero-order valence-electron chi connectivity index (χ0n) is 11.8. The maximum absolute atomic E-state index is 12.1. The Bertz CT molecular complexity index is 650. The average Bonchev–Trinajstić information content (AvgIpc) is 2.54. The fraction of sp³-hybridized carbons (Fsp3) is 0.125. The van der Waals surface area contributed by atoms with Crippen LogP contribution < -0.4 is 10.1 Å². The van der Waals surface area contributed by atoms with Crippen LogP contribution in [0, 0.1) is 0 Å². The number of amides is 1. The van der Waals surface area contributed by atoms with Crippen LogP contribution in [0.2, 0.25) is 0 Å². The number of nitrogens with one attached hydrogen (secondary N) is 1. The minimum Gasteiger partial charge on any atom is -0.497 e. The summed E-state index contributed by atoms with van der Waals surface area (Å²) >= 11 is 0. The molecule has 0 bridgehead atoms. The Labute approximate surface area is 122 Å². The first-order chi connectivity index (χ1) is 10.1. The van der Waals surface area contributed by atoms with Gasteiger partial charge in [0.05, 0.1) is 19.8 Å². The van der Waals surface area contributed by atoms with E-state index in [1.54, 1.807) is 55.6 Å². The summed E-state index contributed by atoms with van der Waals surface area (Å²) in [5, 5.41) is 2.76. The topological polar surface area (TPSA) is 64.6 Å². The molecule has 5 nitrogen and oxygen atoms in total. The first-order valence-electron chi connectivity index (χ1n) is 6.28. The Morgan fingerprint density at radius 3 is 2.24 bits per heavy atom. The highest BCUT2D eigenvalue weighted by molar-refractivity contribution is 6.04. The third-order valence-corrected chi connectivity index (χ3v) is 2.90. The lowest BCUT2D eigenvalue weighted by Crippen LogP contribution is -2.12. The minimum atomic E-state index is -0.435. The van der Waals surface area contributed by atoms with Gasteiger partial charge in [0.1, 0.15) is 5.75 Å². The van der Waals surface area contributed by atoms with Gasteiger partial charge in [0.25, 0.3) is 5.91 Å². The van der Waals surface area contributed by atoms with Crippen molar-refractivity contribution in [3.8, 4) is 5.75 Å². The molecule has 0 saturated carbocycles. The summed E-state index contributed by atoms with van der Waals surface area (Å²) in [5.41, 5.74) is 1.48. The van der Waals surface area contributed by atoms with Crippen LogP contribution in [0.15, 0.2) is 48.5 Å². The molecule has 0 saturated heterocycles. The van der Waals surface area contributed by atoms with Crippen molar-refractivity contribution in [1.82, 2.24) is 0 Å². The van der Waals surface area contributed by atoms with Gasteiger partial charge >= 0.3 is 5.97 Å². The number of hydrogen-bond acceptors (Lipinski definition) is 4. The summed E-state index contributed by atoms with van der Waals surface area (Å²) in [6.07, 6.45) is 0. The smallest absolute Gasteiger partial charge is 0.337 e. The summed E-state index contributed by atoms with van der Waals surface area (Å²) in [4.78, 5) is 23.4. The Hall–Kier alpha value is -2.82. The van der Waals surface area contributed by atoms with Crippen molar-refractivity contribution in [3.05, 3.63) is 59.7 Å². The number of carbonyl (C=O) groups is 2. The van der Waals surface area contributed by atoms with Crippen LogP contribution in [0.5, 0.6) is 5.75 Å². The van der Waals surface area contributed by atoms with Crippen LogP contribution in [0.1, 0.15) is 20.7 Å². The second-order valence-electron chi connectivity index (χ2n) is 4.26. The zero-order valence-corrected chi connectivity index (χ0v) is 11.8. The molecular formula is C16H15NO4. The molecule has 5 heteroatoms. The van der Waals surface area contributed by atoms with E-state index >= 15 is 0 Å². The van der Waals surface area contributed by atoms with Gasteiger partial charge in [-0.1, -0.05) is 6.07 Å². The second kappa shape index (κ2) is 6.56. The summed E-state index contributed by atoms with van der Waals surface area (Å²) in [6.45, 7) is 0. The van der Waals surface area contributed by atoms with Gasteiger partial charge in [0.2, 0.25) is 0 Å². The van der Waals surface area contributed by atoms with Crippen molar-refractivity contribution in [1.29, 1.82) is 0 Å². The SMILES string of the molecule is COC(=O)c1ccc(C(=O)Nc2cccc(OC)c2)cc1. The molecule has 0 atom stereocenters. The number of ether oxygens (including phenoxy) is 2. The van der Waals surface area contributed by atoms with Crippen LogP contribution in [0.3, 0.4) is 0 Å². The van der Waals surface area contributed by atoms with Gasteiger partial charge < -0.3 is 14.8 Å². The quantitative estimate of drug-likeness (QED) is 0.877. The maximum Gasteiger partial charge on any atom is 0.337 e. The molecule has 0 spiro atoms. The maximum atomic E-state index is 12.1. The van der Waals surface area contributed by atoms with E-state index in [0.29, 0.717) is 22.6 Å². The summed E-state index contributed by atoms with van der Waals surface area (Å²) in [7, 11) is 2.87. The highest BCUT2D eigenvalue weighted by Crippen LogP contribution is 2.17. The summed E-state index contributed by atoms with van der Waals surface area (Å²) < 4.78 is 9.70. The van der Waals surface area contributed by atoms with Crippen molar-refractivity contribution >= 4 is 17.6 Å². The molecule has 21 heavy (non-hydrogen) atoms. The molecular weight excluding hydrogens is 270 g/mol. The van der Waals surface area contributed by atoms with E-state index in [-0.39, 0.29) is 5.91 Å². The molecule has 0 aliphatic rings. The number of esters is 1. The molecule has 0 fully saturated rings. The van der Waals surface area contributed by atoms with E-state index in [9.17, 15) is 9.59 Å². The van der Waals surface area contributed by atoms with Gasteiger partial charge in [0.15, 0.2) is 0 Å². The first-order valence-corrected chi connectivity index (χ1v) is 6.28. The molecule has 1 N–H and O–H groups in total. The van der Waals surface area contributed by atoms with E-state index in [1.165, 1.54) is 7.11 Å². The standard InChI is InChI=1S/C16H15NO4/c1-20-14-5-3-4-13(10-14)17-15(18)11-6-8-12(9-7-11)16(19)21-2/h3-10H,1-2H3,(H,17,18). The summed E-state index contributed by atoms with van der Waals surface area (Å²) in [6, 6.07) is 13.3. The lowest BCUT2D eigenvalue weighted by Gasteiger charge is -2.07. The van der Waals surface area contributed by atoms with Crippen molar-refractivity contribution in [2.45, 2.75) is 0 Å². The third kappa shape index (κ3) is 3.60. The molecule has 0 aliphatic heterocycles. The normalized spacial score (nSPS) is 9.81. The predicted molar refractivity (Wildman–Crippen MR) is 78.7 cm³/mol. The van der Waals surface area contributed by atoms with Crippen molar-refractivity contribution in [2.24, 2.45) is 0 Å². The molecule has 0 unspecified atom stereocenters. The third-order valence-electron chi connectivity index (χ3n) is 2.90. The average molecular weight is 285 g/mol. The largest absolute Gasteiger partial charge is 0.497 e. The molecule has 0 aliphatic carbocycles. The number of methoxy groups -OCH3 is 2. The molecule has 108 valence electrons. The number of hydrogen-bond donors (Lipinski definition) is 1. The van der Waals surface area contributed by atoms with Gasteiger partial charge in [-0.2, -0.15) is 0 Å². The number of anilines is 1. The molecule has 1 amide bonds. The Balaban J connectivity index is 2.11. The second-order valence-corrected chi connectivity index (χ2v) is 4.26. The van der Waals surface area contributed by atoms with Crippen molar-refractivity contribution in [3.63, 3.8) is 0 Å². The molecule has 0 aromatic heterocycles. The van der Waals surface area contributed by atoms with Crippen LogP contribution >= 0.6 is 0 Å². The van der Waals surface area contributed by atoms with E-state index in [2.05, 4.69) is 10.1 Å². The zero-order chi connectivity index (χ0) is 15.2. The van der Waals surface area contributed by atoms with Gasteiger partial charge in [0, 0.05) is 17.3 Å². The fourth-order valence-electron chi connectivity index (χ4n) is 1.78. The molecule has 0 heterocycles. The van der Waals surface area contributed by atoms with Crippen LogP contribution in [-0.2, 0) is 4.74 Å². The van der Waals surface area contributed by atoms with E-state index in [4.69, 9.17) is 4.74 Å². The number of carbonyl (C=O) groups excluding carboxylic acids is 2.